The number of hydrogen-bond donors (Lipinski definition) is 0. The third kappa shape index (κ3) is 6.39. The van der Waals surface area contributed by atoms with Gasteiger partial charge in [0.05, 0.1) is 12.7 Å². The molecule has 0 rings (SSSR count). The summed E-state index contributed by atoms with van der Waals surface area (Å²) in [5.74, 6) is -2.18. The summed E-state index contributed by atoms with van der Waals surface area (Å²) in [4.78, 5) is 10.1. The maximum atomic E-state index is 11.5. The predicted octanol–water partition coefficient (Wildman–Crippen LogP) is 1.52. The molecule has 0 saturated heterocycles. The zero-order valence-electron chi connectivity index (χ0n) is 7.35. The van der Waals surface area contributed by atoms with E-state index in [2.05, 4.69) is 4.74 Å². The molecule has 3 nitrogen and oxygen atoms in total. The van der Waals surface area contributed by atoms with Crippen molar-refractivity contribution in [3.05, 3.63) is 0 Å². The molecule has 6 heteroatoms. The second-order valence-corrected chi connectivity index (χ2v) is 2.55. The van der Waals surface area contributed by atoms with Crippen molar-refractivity contribution in [2.75, 3.05) is 13.2 Å². The van der Waals surface area contributed by atoms with E-state index >= 15 is 0 Å². The van der Waals surface area contributed by atoms with Gasteiger partial charge >= 0.3 is 12.1 Å². The van der Waals surface area contributed by atoms with Gasteiger partial charge in [-0.3, -0.25) is 0 Å². The van der Waals surface area contributed by atoms with Crippen LogP contribution in [0, 0.1) is 0 Å². The third-order valence-corrected chi connectivity index (χ3v) is 0.999. The van der Waals surface area contributed by atoms with Crippen LogP contribution in [0.1, 0.15) is 13.8 Å². The zero-order valence-corrected chi connectivity index (χ0v) is 7.35. The van der Waals surface area contributed by atoms with Gasteiger partial charge in [-0.2, -0.15) is 13.2 Å². The van der Waals surface area contributed by atoms with Crippen LogP contribution in [0.5, 0.6) is 0 Å². The second-order valence-electron chi connectivity index (χ2n) is 2.55. The Kier molecular flexibility index (Phi) is 4.76. The van der Waals surface area contributed by atoms with Crippen LogP contribution in [0.25, 0.3) is 0 Å². The molecule has 0 amide bonds. The van der Waals surface area contributed by atoms with Crippen LogP contribution in [0.4, 0.5) is 13.2 Å². The summed E-state index contributed by atoms with van der Waals surface area (Å²) in [6.07, 6.45) is -5.01. The summed E-state index contributed by atoms with van der Waals surface area (Å²) in [5, 5.41) is 0. The van der Waals surface area contributed by atoms with E-state index in [0.29, 0.717) is 0 Å². The van der Waals surface area contributed by atoms with Crippen LogP contribution in [0.3, 0.4) is 0 Å². The summed E-state index contributed by atoms with van der Waals surface area (Å²) < 4.78 is 43.3. The molecule has 0 N–H and O–H groups in total. The fourth-order valence-corrected chi connectivity index (χ4v) is 0.500. The first-order valence-corrected chi connectivity index (χ1v) is 3.69. The molecule has 0 aromatic heterocycles. The van der Waals surface area contributed by atoms with E-state index in [1.165, 1.54) is 0 Å². The molecule has 0 unspecified atom stereocenters. The lowest BCUT2D eigenvalue weighted by molar-refractivity contribution is -0.201. The molecule has 0 fully saturated rings. The average Bonchev–Trinajstić information content (AvgIpc) is 1.95. The maximum absolute atomic E-state index is 11.5. The summed E-state index contributed by atoms with van der Waals surface area (Å²) in [5.41, 5.74) is 0. The highest BCUT2D eigenvalue weighted by atomic mass is 19.4. The van der Waals surface area contributed by atoms with E-state index in [1.54, 1.807) is 13.8 Å². The number of ether oxygens (including phenoxy) is 2. The van der Waals surface area contributed by atoms with Gasteiger partial charge in [-0.15, -0.1) is 0 Å². The summed E-state index contributed by atoms with van der Waals surface area (Å²) in [7, 11) is 0. The Morgan fingerprint density at radius 2 is 1.85 bits per heavy atom. The van der Waals surface area contributed by atoms with Crippen molar-refractivity contribution in [2.24, 2.45) is 0 Å². The maximum Gasteiger partial charge on any atom is 0.490 e. The highest BCUT2D eigenvalue weighted by molar-refractivity contribution is 5.75. The van der Waals surface area contributed by atoms with Gasteiger partial charge in [-0.1, -0.05) is 0 Å². The number of esters is 1. The summed E-state index contributed by atoms with van der Waals surface area (Å²) in [6.45, 7) is 3.05. The lowest BCUT2D eigenvalue weighted by Crippen LogP contribution is -2.27. The van der Waals surface area contributed by atoms with Crippen LogP contribution in [0.15, 0.2) is 0 Å². The van der Waals surface area contributed by atoms with E-state index in [0.717, 1.165) is 0 Å². The fourth-order valence-electron chi connectivity index (χ4n) is 0.500. The highest BCUT2D eigenvalue weighted by Crippen LogP contribution is 2.16. The van der Waals surface area contributed by atoms with Crippen molar-refractivity contribution in [1.29, 1.82) is 0 Å². The quantitative estimate of drug-likeness (QED) is 0.509. The molecule has 0 atom stereocenters. The standard InChI is InChI=1S/C7H11F3O3/c1-5(2)12-3-4-13-6(11)7(8,9)10/h5H,3-4H2,1-2H3. The van der Waals surface area contributed by atoms with E-state index in [4.69, 9.17) is 4.74 Å². The minimum absolute atomic E-state index is 0.0283. The average molecular weight is 200 g/mol. The Morgan fingerprint density at radius 3 is 2.23 bits per heavy atom. The molecule has 0 aliphatic carbocycles. The number of alkyl halides is 3. The highest BCUT2D eigenvalue weighted by Gasteiger charge is 2.40. The molecule has 78 valence electrons. The molecule has 0 aliphatic rings. The predicted molar refractivity (Wildman–Crippen MR) is 38.1 cm³/mol. The van der Waals surface area contributed by atoms with Gasteiger partial charge < -0.3 is 9.47 Å². The molecule has 0 heterocycles. The second kappa shape index (κ2) is 5.06. The minimum atomic E-state index is -4.92. The van der Waals surface area contributed by atoms with E-state index in [9.17, 15) is 18.0 Å². The monoisotopic (exact) mass is 200 g/mol. The van der Waals surface area contributed by atoms with Crippen LogP contribution in [0.2, 0.25) is 0 Å². The van der Waals surface area contributed by atoms with Crippen molar-refractivity contribution in [2.45, 2.75) is 26.1 Å². The van der Waals surface area contributed by atoms with E-state index < -0.39 is 12.1 Å². The first kappa shape index (κ1) is 12.2. The number of carbonyl (C=O) groups excluding carboxylic acids is 1. The van der Waals surface area contributed by atoms with Crippen LogP contribution in [-0.2, 0) is 14.3 Å². The largest absolute Gasteiger partial charge is 0.490 e. The van der Waals surface area contributed by atoms with Crippen molar-refractivity contribution in [3.8, 4) is 0 Å². The summed E-state index contributed by atoms with van der Waals surface area (Å²) >= 11 is 0. The van der Waals surface area contributed by atoms with Crippen molar-refractivity contribution in [1.82, 2.24) is 0 Å². The van der Waals surface area contributed by atoms with E-state index in [1.807, 2.05) is 0 Å². The number of rotatable bonds is 4. The minimum Gasteiger partial charge on any atom is -0.457 e. The van der Waals surface area contributed by atoms with Gasteiger partial charge in [0.1, 0.15) is 6.61 Å². The van der Waals surface area contributed by atoms with Crippen molar-refractivity contribution < 1.29 is 27.4 Å². The van der Waals surface area contributed by atoms with E-state index in [-0.39, 0.29) is 19.3 Å². The molecule has 0 aromatic carbocycles. The molecule has 0 radical (unpaired) electrons. The molecule has 0 aromatic rings. The fraction of sp³-hybridized carbons (Fsp3) is 0.857. The Bertz CT molecular complexity index is 165. The van der Waals surface area contributed by atoms with Crippen molar-refractivity contribution >= 4 is 5.97 Å². The Morgan fingerprint density at radius 1 is 1.31 bits per heavy atom. The number of hydrogen-bond acceptors (Lipinski definition) is 3. The van der Waals surface area contributed by atoms with Gasteiger partial charge in [-0.05, 0) is 13.8 Å². The third-order valence-electron chi connectivity index (χ3n) is 0.999. The Balaban J connectivity index is 3.49. The molecular weight excluding hydrogens is 189 g/mol. The number of halogens is 3. The molecule has 13 heavy (non-hydrogen) atoms. The molecule has 0 aliphatic heterocycles. The topological polar surface area (TPSA) is 35.5 Å². The lowest BCUT2D eigenvalue weighted by atomic mass is 10.5. The van der Waals surface area contributed by atoms with Crippen molar-refractivity contribution in [3.63, 3.8) is 0 Å². The summed E-state index contributed by atoms with van der Waals surface area (Å²) in [6, 6.07) is 0. The number of carbonyl (C=O) groups is 1. The Hall–Kier alpha value is -0.780. The van der Waals surface area contributed by atoms with Gasteiger partial charge in [0.15, 0.2) is 0 Å². The zero-order chi connectivity index (χ0) is 10.5. The molecule has 0 spiro atoms. The van der Waals surface area contributed by atoms with Crippen LogP contribution in [-0.4, -0.2) is 31.5 Å². The van der Waals surface area contributed by atoms with Gasteiger partial charge in [-0.25, -0.2) is 4.79 Å². The van der Waals surface area contributed by atoms with Crippen LogP contribution >= 0.6 is 0 Å². The molecule has 0 bridgehead atoms. The first-order valence-electron chi connectivity index (χ1n) is 3.69. The van der Waals surface area contributed by atoms with Gasteiger partial charge in [0.2, 0.25) is 0 Å². The molecular formula is C7H11F3O3. The Labute approximate surface area is 73.8 Å². The van der Waals surface area contributed by atoms with Gasteiger partial charge in [0, 0.05) is 0 Å². The van der Waals surface area contributed by atoms with Gasteiger partial charge in [0.25, 0.3) is 0 Å². The van der Waals surface area contributed by atoms with Crippen LogP contribution < -0.4 is 0 Å². The normalized spacial score (nSPS) is 11.8. The smallest absolute Gasteiger partial charge is 0.457 e. The SMILES string of the molecule is CC(C)OCCOC(=O)C(F)(F)F. The first-order chi connectivity index (χ1) is 5.84. The lowest BCUT2D eigenvalue weighted by Gasteiger charge is -2.09. The molecule has 0 saturated carbocycles.